The lowest BCUT2D eigenvalue weighted by Gasteiger charge is -2.30. The zero-order chi connectivity index (χ0) is 13.0. The van der Waals surface area contributed by atoms with Gasteiger partial charge in [-0.3, -0.25) is 4.98 Å². The monoisotopic (exact) mass is 247 g/mol. The van der Waals surface area contributed by atoms with Crippen LogP contribution in [0.3, 0.4) is 0 Å². The fourth-order valence-electron chi connectivity index (χ4n) is 2.87. The van der Waals surface area contributed by atoms with E-state index in [4.69, 9.17) is 0 Å². The predicted molar refractivity (Wildman–Crippen MR) is 78.3 cm³/mol. The van der Waals surface area contributed by atoms with Crippen LogP contribution in [-0.4, -0.2) is 23.6 Å². The Hall–Kier alpha value is -1.25. The third-order valence-electron chi connectivity index (χ3n) is 3.86. The van der Waals surface area contributed by atoms with Gasteiger partial charge in [0.1, 0.15) is 0 Å². The first kappa shape index (κ1) is 13.2. The Morgan fingerprint density at radius 2 is 2.17 bits per heavy atom. The van der Waals surface area contributed by atoms with Gasteiger partial charge in [0.2, 0.25) is 0 Å². The van der Waals surface area contributed by atoms with Crippen LogP contribution in [0.4, 0.5) is 11.4 Å². The van der Waals surface area contributed by atoms with Gasteiger partial charge in [0, 0.05) is 18.6 Å². The molecule has 100 valence electrons. The van der Waals surface area contributed by atoms with Crippen molar-refractivity contribution < 1.29 is 0 Å². The summed E-state index contributed by atoms with van der Waals surface area (Å²) < 4.78 is 0. The van der Waals surface area contributed by atoms with E-state index in [0.29, 0.717) is 12.1 Å². The van der Waals surface area contributed by atoms with Crippen molar-refractivity contribution >= 4 is 11.4 Å². The van der Waals surface area contributed by atoms with Gasteiger partial charge in [-0.05, 0) is 38.7 Å². The molecule has 3 nitrogen and oxygen atoms in total. The molecule has 18 heavy (non-hydrogen) atoms. The second-order valence-electron chi connectivity index (χ2n) is 5.25. The van der Waals surface area contributed by atoms with Gasteiger partial charge in [0.25, 0.3) is 0 Å². The summed E-state index contributed by atoms with van der Waals surface area (Å²) in [6.45, 7) is 7.79. The highest BCUT2D eigenvalue weighted by atomic mass is 15.2. The molecule has 0 radical (unpaired) electrons. The van der Waals surface area contributed by atoms with Crippen LogP contribution in [0.25, 0.3) is 0 Å². The number of hydrogen-bond acceptors (Lipinski definition) is 3. The first-order valence-corrected chi connectivity index (χ1v) is 7.23. The van der Waals surface area contributed by atoms with E-state index in [1.54, 1.807) is 0 Å². The smallest absolute Gasteiger partial charge is 0.0578 e. The molecular formula is C15H25N3. The summed E-state index contributed by atoms with van der Waals surface area (Å²) >= 11 is 0. The molecular weight excluding hydrogens is 222 g/mol. The zero-order valence-electron chi connectivity index (χ0n) is 11.8. The number of hydrogen-bond donors (Lipinski definition) is 1. The van der Waals surface area contributed by atoms with Gasteiger partial charge in [0.05, 0.1) is 23.8 Å². The largest absolute Gasteiger partial charge is 0.384 e. The van der Waals surface area contributed by atoms with Gasteiger partial charge in [0.15, 0.2) is 0 Å². The van der Waals surface area contributed by atoms with E-state index in [1.165, 1.54) is 24.9 Å². The van der Waals surface area contributed by atoms with Crippen molar-refractivity contribution in [2.45, 2.75) is 58.5 Å². The van der Waals surface area contributed by atoms with Crippen LogP contribution in [0.1, 0.15) is 46.5 Å². The Balaban J connectivity index is 2.16. The van der Waals surface area contributed by atoms with E-state index in [1.807, 2.05) is 12.4 Å². The van der Waals surface area contributed by atoms with E-state index in [9.17, 15) is 0 Å². The molecule has 2 atom stereocenters. The van der Waals surface area contributed by atoms with Crippen LogP contribution in [0.15, 0.2) is 18.5 Å². The molecule has 1 aliphatic rings. The number of anilines is 2. The van der Waals surface area contributed by atoms with E-state index in [2.05, 4.69) is 42.0 Å². The lowest BCUT2D eigenvalue weighted by atomic mass is 10.1. The molecule has 1 aliphatic heterocycles. The summed E-state index contributed by atoms with van der Waals surface area (Å²) in [5.74, 6) is 0. The van der Waals surface area contributed by atoms with E-state index in [0.717, 1.165) is 18.7 Å². The van der Waals surface area contributed by atoms with Crippen LogP contribution in [-0.2, 0) is 0 Å². The zero-order valence-corrected chi connectivity index (χ0v) is 11.8. The van der Waals surface area contributed by atoms with Crippen LogP contribution >= 0.6 is 0 Å². The molecule has 1 aromatic rings. The van der Waals surface area contributed by atoms with E-state index >= 15 is 0 Å². The minimum atomic E-state index is 0.637. The maximum absolute atomic E-state index is 4.38. The molecule has 0 amide bonds. The predicted octanol–water partition coefficient (Wildman–Crippen LogP) is 3.67. The molecule has 0 bridgehead atoms. The average Bonchev–Trinajstić information content (AvgIpc) is 2.78. The highest BCUT2D eigenvalue weighted by Gasteiger charge is 2.29. The average molecular weight is 247 g/mol. The fraction of sp³-hybridized carbons (Fsp3) is 0.667. The SMILES string of the molecule is CCCNc1cncc(N2C(C)CCC2CC)c1. The quantitative estimate of drug-likeness (QED) is 0.860. The lowest BCUT2D eigenvalue weighted by Crippen LogP contribution is -2.34. The molecule has 0 spiro atoms. The maximum Gasteiger partial charge on any atom is 0.0578 e. The first-order valence-electron chi connectivity index (χ1n) is 7.23. The molecule has 3 heteroatoms. The number of nitrogens with one attached hydrogen (secondary N) is 1. The first-order chi connectivity index (χ1) is 8.76. The van der Waals surface area contributed by atoms with Crippen molar-refractivity contribution in [1.82, 2.24) is 4.98 Å². The van der Waals surface area contributed by atoms with Crippen LogP contribution in [0.5, 0.6) is 0 Å². The third-order valence-corrected chi connectivity index (χ3v) is 3.86. The van der Waals surface area contributed by atoms with Gasteiger partial charge in [-0.15, -0.1) is 0 Å². The summed E-state index contributed by atoms with van der Waals surface area (Å²) in [4.78, 5) is 6.93. The molecule has 2 heterocycles. The normalized spacial score (nSPS) is 23.4. The summed E-state index contributed by atoms with van der Waals surface area (Å²) in [5.41, 5.74) is 2.41. The third kappa shape index (κ3) is 2.77. The van der Waals surface area contributed by atoms with Crippen molar-refractivity contribution in [3.05, 3.63) is 18.5 Å². The number of nitrogens with zero attached hydrogens (tertiary/aromatic N) is 2. The van der Waals surface area contributed by atoms with Gasteiger partial charge < -0.3 is 10.2 Å². The molecule has 1 aromatic heterocycles. The maximum atomic E-state index is 4.38. The number of rotatable bonds is 5. The minimum absolute atomic E-state index is 0.637. The summed E-state index contributed by atoms with van der Waals surface area (Å²) in [5, 5.41) is 3.42. The molecule has 0 saturated carbocycles. The topological polar surface area (TPSA) is 28.2 Å². The summed E-state index contributed by atoms with van der Waals surface area (Å²) in [6.07, 6.45) is 8.89. The second kappa shape index (κ2) is 6.07. The molecule has 2 unspecified atom stereocenters. The number of aromatic nitrogens is 1. The minimum Gasteiger partial charge on any atom is -0.384 e. The van der Waals surface area contributed by atoms with Crippen LogP contribution in [0, 0.1) is 0 Å². The summed E-state index contributed by atoms with van der Waals surface area (Å²) in [6, 6.07) is 3.56. The van der Waals surface area contributed by atoms with Gasteiger partial charge >= 0.3 is 0 Å². The van der Waals surface area contributed by atoms with Crippen LogP contribution < -0.4 is 10.2 Å². The summed E-state index contributed by atoms with van der Waals surface area (Å²) in [7, 11) is 0. The van der Waals surface area contributed by atoms with Crippen molar-refractivity contribution in [3.8, 4) is 0 Å². The molecule has 1 fully saturated rings. The van der Waals surface area contributed by atoms with E-state index < -0.39 is 0 Å². The number of pyridine rings is 1. The molecule has 1 saturated heterocycles. The Labute approximate surface area is 111 Å². The molecule has 0 aromatic carbocycles. The van der Waals surface area contributed by atoms with Crippen molar-refractivity contribution in [1.29, 1.82) is 0 Å². The molecule has 2 rings (SSSR count). The van der Waals surface area contributed by atoms with Crippen molar-refractivity contribution in [3.63, 3.8) is 0 Å². The Morgan fingerprint density at radius 3 is 2.89 bits per heavy atom. The van der Waals surface area contributed by atoms with Gasteiger partial charge in [-0.25, -0.2) is 0 Å². The molecule has 1 N–H and O–H groups in total. The van der Waals surface area contributed by atoms with Crippen molar-refractivity contribution in [2.24, 2.45) is 0 Å². The molecule has 0 aliphatic carbocycles. The Bertz CT molecular complexity index is 378. The second-order valence-corrected chi connectivity index (χ2v) is 5.25. The lowest BCUT2D eigenvalue weighted by molar-refractivity contribution is 0.627. The standard InChI is InChI=1S/C15H25N3/c1-4-8-17-13-9-15(11-16-10-13)18-12(3)6-7-14(18)5-2/h9-12,14,17H,4-8H2,1-3H3. The van der Waals surface area contributed by atoms with E-state index in [-0.39, 0.29) is 0 Å². The Kier molecular flexibility index (Phi) is 4.45. The Morgan fingerprint density at radius 1 is 1.33 bits per heavy atom. The van der Waals surface area contributed by atoms with Crippen LogP contribution in [0.2, 0.25) is 0 Å². The van der Waals surface area contributed by atoms with Gasteiger partial charge in [-0.1, -0.05) is 13.8 Å². The fourth-order valence-corrected chi connectivity index (χ4v) is 2.87. The van der Waals surface area contributed by atoms with Crippen molar-refractivity contribution in [2.75, 3.05) is 16.8 Å². The highest BCUT2D eigenvalue weighted by Crippen LogP contribution is 2.32. The highest BCUT2D eigenvalue weighted by molar-refractivity contribution is 5.57. The van der Waals surface area contributed by atoms with Gasteiger partial charge in [-0.2, -0.15) is 0 Å².